The van der Waals surface area contributed by atoms with Gasteiger partial charge in [0.1, 0.15) is 17.2 Å². The summed E-state index contributed by atoms with van der Waals surface area (Å²) in [4.78, 5) is 14.8. The fourth-order valence-electron chi connectivity index (χ4n) is 3.71. The van der Waals surface area contributed by atoms with E-state index in [-0.39, 0.29) is 11.7 Å². The SMILES string of the molecule is Cn1nc2cc(Br)ccc2c1C(=O)N1CCC(S(=O)(=O)Cc2ccco2)CC1. The molecule has 1 amide bonds. The highest BCUT2D eigenvalue weighted by molar-refractivity contribution is 9.10. The van der Waals surface area contributed by atoms with Crippen molar-refractivity contribution >= 4 is 42.6 Å². The number of rotatable bonds is 4. The minimum absolute atomic E-state index is 0.0974. The van der Waals surface area contributed by atoms with Crippen molar-refractivity contribution in [3.8, 4) is 0 Å². The molecule has 0 N–H and O–H groups in total. The number of amides is 1. The van der Waals surface area contributed by atoms with Gasteiger partial charge in [-0.15, -0.1) is 0 Å². The van der Waals surface area contributed by atoms with E-state index < -0.39 is 15.1 Å². The number of nitrogens with zero attached hydrogens (tertiary/aromatic N) is 3. The molecule has 0 saturated carbocycles. The number of benzene rings is 1. The van der Waals surface area contributed by atoms with Crippen molar-refractivity contribution in [2.24, 2.45) is 7.05 Å². The molecule has 1 saturated heterocycles. The third-order valence-electron chi connectivity index (χ3n) is 5.16. The first-order valence-electron chi connectivity index (χ1n) is 9.00. The van der Waals surface area contributed by atoms with Crippen molar-refractivity contribution in [3.63, 3.8) is 0 Å². The minimum atomic E-state index is -3.31. The number of sulfone groups is 1. The lowest BCUT2D eigenvalue weighted by Crippen LogP contribution is -2.43. The van der Waals surface area contributed by atoms with Gasteiger partial charge in [-0.2, -0.15) is 5.10 Å². The highest BCUT2D eigenvalue weighted by Crippen LogP contribution is 2.26. The molecule has 28 heavy (non-hydrogen) atoms. The van der Waals surface area contributed by atoms with E-state index in [0.717, 1.165) is 15.4 Å². The first-order chi connectivity index (χ1) is 13.3. The number of hydrogen-bond acceptors (Lipinski definition) is 5. The number of furan rings is 1. The lowest BCUT2D eigenvalue weighted by atomic mass is 10.1. The first-order valence-corrected chi connectivity index (χ1v) is 11.5. The van der Waals surface area contributed by atoms with Crippen LogP contribution < -0.4 is 0 Å². The van der Waals surface area contributed by atoms with Gasteiger partial charge in [-0.1, -0.05) is 15.9 Å². The Bertz CT molecular complexity index is 1110. The van der Waals surface area contributed by atoms with E-state index in [9.17, 15) is 13.2 Å². The van der Waals surface area contributed by atoms with Gasteiger partial charge in [-0.3, -0.25) is 9.48 Å². The van der Waals surface area contributed by atoms with Gasteiger partial charge < -0.3 is 9.32 Å². The van der Waals surface area contributed by atoms with E-state index >= 15 is 0 Å². The Morgan fingerprint density at radius 2 is 2.04 bits per heavy atom. The van der Waals surface area contributed by atoms with E-state index in [4.69, 9.17) is 4.42 Å². The molecule has 7 nitrogen and oxygen atoms in total. The van der Waals surface area contributed by atoms with Gasteiger partial charge in [-0.25, -0.2) is 8.42 Å². The molecular formula is C19H20BrN3O4S. The zero-order chi connectivity index (χ0) is 19.9. The lowest BCUT2D eigenvalue weighted by Gasteiger charge is -2.31. The van der Waals surface area contributed by atoms with Crippen LogP contribution in [-0.4, -0.2) is 47.3 Å². The molecule has 3 aromatic rings. The normalized spacial score (nSPS) is 16.0. The Hall–Kier alpha value is -2.13. The molecule has 0 unspecified atom stereocenters. The van der Waals surface area contributed by atoms with Crippen molar-refractivity contribution in [2.75, 3.05) is 13.1 Å². The number of hydrogen-bond donors (Lipinski definition) is 0. The van der Waals surface area contributed by atoms with Crippen molar-refractivity contribution < 1.29 is 17.6 Å². The van der Waals surface area contributed by atoms with Gasteiger partial charge in [0, 0.05) is 30.0 Å². The molecular weight excluding hydrogens is 446 g/mol. The predicted octanol–water partition coefficient (Wildman–Crippen LogP) is 3.15. The molecule has 0 spiro atoms. The summed E-state index contributed by atoms with van der Waals surface area (Å²) in [6, 6.07) is 8.99. The quantitative estimate of drug-likeness (QED) is 0.590. The standard InChI is InChI=1S/C19H20BrN3O4S/c1-22-18(16-5-4-13(20)11-17(16)21-22)19(24)23-8-6-15(7-9-23)28(25,26)12-14-3-2-10-27-14/h2-5,10-11,15H,6-9,12H2,1H3. The highest BCUT2D eigenvalue weighted by Gasteiger charge is 2.33. The first kappa shape index (κ1) is 19.2. The van der Waals surface area contributed by atoms with Crippen LogP contribution in [0.25, 0.3) is 10.9 Å². The topological polar surface area (TPSA) is 85.4 Å². The van der Waals surface area contributed by atoms with Crippen LogP contribution in [0.3, 0.4) is 0 Å². The maximum absolute atomic E-state index is 13.1. The molecule has 9 heteroatoms. The number of fused-ring (bicyclic) bond motifs is 1. The zero-order valence-corrected chi connectivity index (χ0v) is 17.7. The highest BCUT2D eigenvalue weighted by atomic mass is 79.9. The summed E-state index contributed by atoms with van der Waals surface area (Å²) in [6.07, 6.45) is 2.33. The zero-order valence-electron chi connectivity index (χ0n) is 15.3. The summed E-state index contributed by atoms with van der Waals surface area (Å²) in [7, 11) is -1.56. The van der Waals surface area contributed by atoms with Gasteiger partial charge in [0.25, 0.3) is 5.91 Å². The minimum Gasteiger partial charge on any atom is -0.468 e. The van der Waals surface area contributed by atoms with Crippen molar-refractivity contribution in [1.82, 2.24) is 14.7 Å². The van der Waals surface area contributed by atoms with Gasteiger partial charge in [0.2, 0.25) is 0 Å². The summed E-state index contributed by atoms with van der Waals surface area (Å²) in [5.41, 5.74) is 1.27. The van der Waals surface area contributed by atoms with Gasteiger partial charge in [-0.05, 0) is 43.2 Å². The summed E-state index contributed by atoms with van der Waals surface area (Å²) >= 11 is 3.42. The summed E-state index contributed by atoms with van der Waals surface area (Å²) in [5.74, 6) is 0.236. The maximum Gasteiger partial charge on any atom is 0.272 e. The lowest BCUT2D eigenvalue weighted by molar-refractivity contribution is 0.0716. The Kier molecular flexibility index (Phi) is 5.05. The van der Waals surface area contributed by atoms with Crippen molar-refractivity contribution in [2.45, 2.75) is 23.8 Å². The van der Waals surface area contributed by atoms with Gasteiger partial charge >= 0.3 is 0 Å². The Labute approximate surface area is 171 Å². The average Bonchev–Trinajstić information content (AvgIpc) is 3.27. The Morgan fingerprint density at radius 1 is 1.29 bits per heavy atom. The third-order valence-corrected chi connectivity index (χ3v) is 7.83. The van der Waals surface area contributed by atoms with E-state index in [0.29, 0.717) is 37.4 Å². The number of piperidine rings is 1. The molecule has 4 rings (SSSR count). The number of aromatic nitrogens is 2. The summed E-state index contributed by atoms with van der Waals surface area (Å²) < 4.78 is 32.9. The molecule has 0 atom stereocenters. The molecule has 1 aliphatic heterocycles. The van der Waals surface area contributed by atoms with E-state index in [2.05, 4.69) is 21.0 Å². The third kappa shape index (κ3) is 3.60. The molecule has 0 aliphatic carbocycles. The maximum atomic E-state index is 13.1. The molecule has 148 valence electrons. The number of halogens is 1. The van der Waals surface area contributed by atoms with Crippen LogP contribution in [0.4, 0.5) is 0 Å². The molecule has 1 aromatic carbocycles. The number of likely N-dealkylation sites (tertiary alicyclic amines) is 1. The average molecular weight is 466 g/mol. The smallest absolute Gasteiger partial charge is 0.272 e. The van der Waals surface area contributed by atoms with Crippen LogP contribution in [0, 0.1) is 0 Å². The molecule has 0 bridgehead atoms. The fourth-order valence-corrected chi connectivity index (χ4v) is 5.78. The number of aryl methyl sites for hydroxylation is 1. The summed E-state index contributed by atoms with van der Waals surface area (Å²) in [6.45, 7) is 0.814. The van der Waals surface area contributed by atoms with Gasteiger partial charge in [0.15, 0.2) is 9.84 Å². The van der Waals surface area contributed by atoms with Crippen molar-refractivity contribution in [3.05, 3.63) is 52.5 Å². The predicted molar refractivity (Wildman–Crippen MR) is 109 cm³/mol. The van der Waals surface area contributed by atoms with Crippen LogP contribution in [0.5, 0.6) is 0 Å². The molecule has 0 radical (unpaired) electrons. The van der Waals surface area contributed by atoms with Crippen LogP contribution in [-0.2, 0) is 22.6 Å². The van der Waals surface area contributed by atoms with E-state index in [1.54, 1.807) is 28.8 Å². The second-order valence-electron chi connectivity index (χ2n) is 7.01. The van der Waals surface area contributed by atoms with Crippen molar-refractivity contribution in [1.29, 1.82) is 0 Å². The summed E-state index contributed by atoms with van der Waals surface area (Å²) in [5, 5.41) is 4.76. The van der Waals surface area contributed by atoms with Gasteiger partial charge in [0.05, 0.1) is 17.0 Å². The fraction of sp³-hybridized carbons (Fsp3) is 0.368. The van der Waals surface area contributed by atoms with Crippen LogP contribution in [0.15, 0.2) is 45.5 Å². The monoisotopic (exact) mass is 465 g/mol. The number of carbonyl (C=O) groups is 1. The van der Waals surface area contributed by atoms with Crippen LogP contribution >= 0.6 is 15.9 Å². The molecule has 2 aromatic heterocycles. The Morgan fingerprint density at radius 3 is 2.71 bits per heavy atom. The Balaban J connectivity index is 1.48. The molecule has 3 heterocycles. The second kappa shape index (κ2) is 7.36. The van der Waals surface area contributed by atoms with E-state index in [1.165, 1.54) is 6.26 Å². The molecule has 1 aliphatic rings. The number of carbonyl (C=O) groups excluding carboxylic acids is 1. The van der Waals surface area contributed by atoms with Crippen LogP contribution in [0.2, 0.25) is 0 Å². The molecule has 1 fully saturated rings. The largest absolute Gasteiger partial charge is 0.468 e. The second-order valence-corrected chi connectivity index (χ2v) is 10.2. The van der Waals surface area contributed by atoms with E-state index in [1.807, 2.05) is 18.2 Å². The van der Waals surface area contributed by atoms with Crippen LogP contribution in [0.1, 0.15) is 29.1 Å².